The van der Waals surface area contributed by atoms with Gasteiger partial charge < -0.3 is 14.8 Å². The van der Waals surface area contributed by atoms with Crippen LogP contribution in [0.15, 0.2) is 0 Å². The van der Waals surface area contributed by atoms with Crippen LogP contribution in [0.5, 0.6) is 0 Å². The Morgan fingerprint density at radius 1 is 1.12 bits per heavy atom. The molecule has 0 aromatic rings. The van der Waals surface area contributed by atoms with Crippen LogP contribution in [0, 0.1) is 5.92 Å². The van der Waals surface area contributed by atoms with Crippen molar-refractivity contribution in [3.8, 4) is 0 Å². The van der Waals surface area contributed by atoms with Crippen molar-refractivity contribution in [1.82, 2.24) is 5.32 Å². The van der Waals surface area contributed by atoms with Crippen LogP contribution < -0.4 is 5.32 Å². The normalized spacial score (nSPS) is 14.1. The molecule has 0 aromatic carbocycles. The molecule has 0 bridgehead atoms. The molecule has 0 rings (SSSR count). The molecule has 1 N–H and O–H groups in total. The van der Waals surface area contributed by atoms with Gasteiger partial charge in [0.05, 0.1) is 13.2 Å². The van der Waals surface area contributed by atoms with Gasteiger partial charge in [0.15, 0.2) is 0 Å². The summed E-state index contributed by atoms with van der Waals surface area (Å²) in [5.41, 5.74) is 0.213. The molecule has 0 aliphatic rings. The molecule has 0 aromatic heterocycles. The Morgan fingerprint density at radius 2 is 1.81 bits per heavy atom. The first-order valence-corrected chi connectivity index (χ1v) is 6.31. The van der Waals surface area contributed by atoms with E-state index in [9.17, 15) is 0 Å². The van der Waals surface area contributed by atoms with E-state index in [-0.39, 0.29) is 5.54 Å². The lowest BCUT2D eigenvalue weighted by atomic mass is 10.0. The van der Waals surface area contributed by atoms with Crippen LogP contribution in [-0.2, 0) is 9.47 Å². The van der Waals surface area contributed by atoms with E-state index in [0.717, 1.165) is 19.6 Å². The van der Waals surface area contributed by atoms with Gasteiger partial charge in [0, 0.05) is 19.3 Å². The molecular weight excluding hydrogens is 202 g/mol. The van der Waals surface area contributed by atoms with Crippen molar-refractivity contribution in [3.05, 3.63) is 0 Å². The Hall–Kier alpha value is -0.120. The number of ether oxygens (including phenoxy) is 2. The summed E-state index contributed by atoms with van der Waals surface area (Å²) in [7, 11) is 1.70. The molecule has 0 amide bonds. The largest absolute Gasteiger partial charge is 0.382 e. The molecule has 0 aliphatic carbocycles. The number of rotatable bonds is 9. The third-order valence-corrected chi connectivity index (χ3v) is 2.60. The maximum Gasteiger partial charge on any atom is 0.0700 e. The van der Waals surface area contributed by atoms with Crippen LogP contribution in [0.1, 0.15) is 40.5 Å². The monoisotopic (exact) mass is 231 g/mol. The minimum absolute atomic E-state index is 0.213. The molecule has 0 saturated heterocycles. The van der Waals surface area contributed by atoms with Crippen molar-refractivity contribution in [2.45, 2.75) is 46.1 Å². The molecule has 3 nitrogen and oxygen atoms in total. The topological polar surface area (TPSA) is 30.5 Å². The van der Waals surface area contributed by atoms with Gasteiger partial charge >= 0.3 is 0 Å². The van der Waals surface area contributed by atoms with Gasteiger partial charge in [-0.1, -0.05) is 13.3 Å². The van der Waals surface area contributed by atoms with Crippen LogP contribution >= 0.6 is 0 Å². The first-order chi connectivity index (χ1) is 7.49. The Balaban J connectivity index is 3.52. The van der Waals surface area contributed by atoms with E-state index in [2.05, 4.69) is 33.0 Å². The van der Waals surface area contributed by atoms with Gasteiger partial charge in [-0.25, -0.2) is 0 Å². The van der Waals surface area contributed by atoms with Gasteiger partial charge in [0.2, 0.25) is 0 Å². The molecule has 1 unspecified atom stereocenters. The zero-order valence-electron chi connectivity index (χ0n) is 11.6. The van der Waals surface area contributed by atoms with E-state index >= 15 is 0 Å². The second-order valence-electron chi connectivity index (χ2n) is 5.30. The highest BCUT2D eigenvalue weighted by Crippen LogP contribution is 2.09. The van der Waals surface area contributed by atoms with E-state index in [1.165, 1.54) is 6.42 Å². The third-order valence-electron chi connectivity index (χ3n) is 2.60. The number of methoxy groups -OCH3 is 1. The van der Waals surface area contributed by atoms with Crippen LogP contribution in [0.3, 0.4) is 0 Å². The van der Waals surface area contributed by atoms with Crippen molar-refractivity contribution in [2.24, 2.45) is 5.92 Å². The fraction of sp³-hybridized carbons (Fsp3) is 1.00. The summed E-state index contributed by atoms with van der Waals surface area (Å²) in [5.74, 6) is 0.710. The quantitative estimate of drug-likeness (QED) is 0.618. The average Bonchev–Trinajstić information content (AvgIpc) is 2.21. The Morgan fingerprint density at radius 3 is 2.31 bits per heavy atom. The Kier molecular flexibility index (Phi) is 8.90. The summed E-state index contributed by atoms with van der Waals surface area (Å²) in [5, 5.41) is 3.54. The summed E-state index contributed by atoms with van der Waals surface area (Å²) < 4.78 is 10.4. The summed E-state index contributed by atoms with van der Waals surface area (Å²) in [6, 6.07) is 0. The molecule has 0 aliphatic heterocycles. The molecule has 0 spiro atoms. The summed E-state index contributed by atoms with van der Waals surface area (Å²) in [6.45, 7) is 12.2. The van der Waals surface area contributed by atoms with Crippen LogP contribution in [0.2, 0.25) is 0 Å². The molecule has 98 valence electrons. The highest BCUT2D eigenvalue weighted by Gasteiger charge is 2.12. The van der Waals surface area contributed by atoms with Gasteiger partial charge in [0.25, 0.3) is 0 Å². The molecule has 0 radical (unpaired) electrons. The zero-order chi connectivity index (χ0) is 12.4. The van der Waals surface area contributed by atoms with E-state index in [0.29, 0.717) is 19.1 Å². The van der Waals surface area contributed by atoms with Gasteiger partial charge in [-0.05, 0) is 39.7 Å². The maximum absolute atomic E-state index is 5.49. The van der Waals surface area contributed by atoms with Gasteiger partial charge in [-0.3, -0.25) is 0 Å². The minimum Gasteiger partial charge on any atom is -0.382 e. The van der Waals surface area contributed by atoms with E-state index in [1.54, 1.807) is 7.11 Å². The van der Waals surface area contributed by atoms with Crippen molar-refractivity contribution in [3.63, 3.8) is 0 Å². The number of hydrogen-bond donors (Lipinski definition) is 1. The van der Waals surface area contributed by atoms with Crippen molar-refractivity contribution in [1.29, 1.82) is 0 Å². The van der Waals surface area contributed by atoms with Crippen LogP contribution in [0.25, 0.3) is 0 Å². The fourth-order valence-corrected chi connectivity index (χ4v) is 1.40. The second kappa shape index (κ2) is 8.97. The predicted molar refractivity (Wildman–Crippen MR) is 68.8 cm³/mol. The molecule has 16 heavy (non-hydrogen) atoms. The minimum atomic E-state index is 0.213. The molecule has 0 heterocycles. The lowest BCUT2D eigenvalue weighted by Crippen LogP contribution is -2.39. The smallest absolute Gasteiger partial charge is 0.0700 e. The van der Waals surface area contributed by atoms with E-state index in [4.69, 9.17) is 9.47 Å². The lowest BCUT2D eigenvalue weighted by Gasteiger charge is -2.24. The Bertz CT molecular complexity index is 155. The maximum atomic E-state index is 5.49. The van der Waals surface area contributed by atoms with Crippen molar-refractivity contribution < 1.29 is 9.47 Å². The van der Waals surface area contributed by atoms with E-state index in [1.807, 2.05) is 0 Å². The molecular formula is C13H29NO2. The average molecular weight is 231 g/mol. The highest BCUT2D eigenvalue weighted by atomic mass is 16.5. The first kappa shape index (κ1) is 15.9. The lowest BCUT2D eigenvalue weighted by molar-refractivity contribution is 0.0630. The predicted octanol–water partition coefficient (Wildman–Crippen LogP) is 2.45. The zero-order valence-corrected chi connectivity index (χ0v) is 11.6. The molecule has 0 saturated carbocycles. The van der Waals surface area contributed by atoms with E-state index < -0.39 is 0 Å². The highest BCUT2D eigenvalue weighted by molar-refractivity contribution is 4.72. The number of nitrogens with one attached hydrogen (secondary N) is 1. The van der Waals surface area contributed by atoms with Crippen molar-refractivity contribution >= 4 is 0 Å². The Labute approximate surface area is 101 Å². The van der Waals surface area contributed by atoms with Crippen LogP contribution in [-0.4, -0.2) is 39.0 Å². The fourth-order valence-electron chi connectivity index (χ4n) is 1.40. The molecule has 0 fully saturated rings. The van der Waals surface area contributed by atoms with Crippen LogP contribution in [0.4, 0.5) is 0 Å². The molecule has 3 heteroatoms. The first-order valence-electron chi connectivity index (χ1n) is 6.31. The van der Waals surface area contributed by atoms with Crippen molar-refractivity contribution in [2.75, 3.05) is 33.5 Å². The van der Waals surface area contributed by atoms with Gasteiger partial charge in [-0.15, -0.1) is 0 Å². The number of hydrogen-bond acceptors (Lipinski definition) is 3. The van der Waals surface area contributed by atoms with Gasteiger partial charge in [-0.2, -0.15) is 0 Å². The second-order valence-corrected chi connectivity index (χ2v) is 5.30. The summed E-state index contributed by atoms with van der Waals surface area (Å²) in [4.78, 5) is 0. The SMILES string of the molecule is CCC(CCOCCOC)CNC(C)(C)C. The third kappa shape index (κ3) is 10.4. The summed E-state index contributed by atoms with van der Waals surface area (Å²) in [6.07, 6.45) is 2.33. The summed E-state index contributed by atoms with van der Waals surface area (Å²) >= 11 is 0. The van der Waals surface area contributed by atoms with Gasteiger partial charge in [0.1, 0.15) is 0 Å². The molecule has 1 atom stereocenters. The standard InChI is InChI=1S/C13H29NO2/c1-6-12(11-14-13(2,3)4)7-8-16-10-9-15-5/h12,14H,6-11H2,1-5H3.